The van der Waals surface area contributed by atoms with Gasteiger partial charge in [-0.05, 0) is 35.9 Å². The molecule has 1 unspecified atom stereocenters. The molecule has 154 valence electrons. The van der Waals surface area contributed by atoms with Crippen molar-refractivity contribution >= 4 is 17.3 Å². The SMILES string of the molecule is O=C1Cc2cc(OCC(O)CN3CCN(c4ccc(F)cc4F)CC3)ccc2N1. The molecule has 1 atom stereocenters. The molecule has 1 saturated heterocycles. The van der Waals surface area contributed by atoms with Gasteiger partial charge in [0.25, 0.3) is 0 Å². The highest BCUT2D eigenvalue weighted by Gasteiger charge is 2.22. The number of benzene rings is 2. The summed E-state index contributed by atoms with van der Waals surface area (Å²) in [4.78, 5) is 15.4. The second-order valence-electron chi connectivity index (χ2n) is 7.39. The first-order chi connectivity index (χ1) is 14.0. The van der Waals surface area contributed by atoms with E-state index in [1.807, 2.05) is 11.0 Å². The summed E-state index contributed by atoms with van der Waals surface area (Å²) in [5, 5.41) is 13.1. The summed E-state index contributed by atoms with van der Waals surface area (Å²) in [6.45, 7) is 3.13. The monoisotopic (exact) mass is 403 g/mol. The van der Waals surface area contributed by atoms with E-state index in [-0.39, 0.29) is 12.5 Å². The number of halogens is 2. The average molecular weight is 403 g/mol. The molecule has 1 fully saturated rings. The van der Waals surface area contributed by atoms with E-state index < -0.39 is 17.7 Å². The first-order valence-corrected chi connectivity index (χ1v) is 9.64. The Morgan fingerprint density at radius 2 is 1.90 bits per heavy atom. The van der Waals surface area contributed by atoms with Gasteiger partial charge in [-0.2, -0.15) is 0 Å². The Morgan fingerprint density at radius 1 is 1.10 bits per heavy atom. The molecule has 0 saturated carbocycles. The molecule has 6 nitrogen and oxygen atoms in total. The van der Waals surface area contributed by atoms with Gasteiger partial charge >= 0.3 is 0 Å². The van der Waals surface area contributed by atoms with E-state index >= 15 is 0 Å². The van der Waals surface area contributed by atoms with E-state index in [9.17, 15) is 18.7 Å². The van der Waals surface area contributed by atoms with Crippen molar-refractivity contribution in [2.75, 3.05) is 49.5 Å². The number of hydrogen-bond donors (Lipinski definition) is 2. The lowest BCUT2D eigenvalue weighted by molar-refractivity contribution is -0.115. The predicted molar refractivity (Wildman–Crippen MR) is 105 cm³/mol. The smallest absolute Gasteiger partial charge is 0.228 e. The van der Waals surface area contributed by atoms with Crippen LogP contribution >= 0.6 is 0 Å². The molecule has 2 aromatic rings. The molecule has 2 aliphatic heterocycles. The molecular formula is C21H23F2N3O3. The molecule has 8 heteroatoms. The molecule has 0 aliphatic carbocycles. The van der Waals surface area contributed by atoms with Gasteiger partial charge in [-0.3, -0.25) is 9.69 Å². The van der Waals surface area contributed by atoms with Crippen LogP contribution in [0.3, 0.4) is 0 Å². The number of carbonyl (C=O) groups is 1. The van der Waals surface area contributed by atoms with Crippen molar-refractivity contribution in [2.24, 2.45) is 0 Å². The fourth-order valence-corrected chi connectivity index (χ4v) is 3.75. The lowest BCUT2D eigenvalue weighted by Crippen LogP contribution is -2.49. The minimum Gasteiger partial charge on any atom is -0.491 e. The van der Waals surface area contributed by atoms with E-state index in [2.05, 4.69) is 10.2 Å². The molecule has 2 heterocycles. The van der Waals surface area contributed by atoms with Gasteiger partial charge in [0.1, 0.15) is 30.1 Å². The van der Waals surface area contributed by atoms with Gasteiger partial charge in [0, 0.05) is 44.5 Å². The van der Waals surface area contributed by atoms with Gasteiger partial charge < -0.3 is 20.1 Å². The minimum atomic E-state index is -0.669. The number of carbonyl (C=O) groups excluding carboxylic acids is 1. The van der Waals surface area contributed by atoms with E-state index in [1.54, 1.807) is 12.1 Å². The lowest BCUT2D eigenvalue weighted by Gasteiger charge is -2.37. The number of anilines is 2. The highest BCUT2D eigenvalue weighted by atomic mass is 19.1. The molecule has 2 aliphatic rings. The number of β-amino-alcohol motifs (C(OH)–C–C–N with tert-alkyl or cyclic N) is 1. The van der Waals surface area contributed by atoms with Crippen LogP contribution in [0.1, 0.15) is 5.56 Å². The van der Waals surface area contributed by atoms with Gasteiger partial charge in [-0.15, -0.1) is 0 Å². The van der Waals surface area contributed by atoms with Crippen LogP contribution in [-0.2, 0) is 11.2 Å². The third-order valence-electron chi connectivity index (χ3n) is 5.24. The van der Waals surface area contributed by atoms with Crippen molar-refractivity contribution in [3.8, 4) is 5.75 Å². The zero-order chi connectivity index (χ0) is 20.4. The Labute approximate surface area is 167 Å². The maximum atomic E-state index is 13.9. The van der Waals surface area contributed by atoms with Gasteiger partial charge in [0.15, 0.2) is 0 Å². The first-order valence-electron chi connectivity index (χ1n) is 9.64. The van der Waals surface area contributed by atoms with Crippen LogP contribution in [0.2, 0.25) is 0 Å². The summed E-state index contributed by atoms with van der Waals surface area (Å²) < 4.78 is 32.7. The summed E-state index contributed by atoms with van der Waals surface area (Å²) in [6, 6.07) is 9.01. The highest BCUT2D eigenvalue weighted by molar-refractivity contribution is 5.99. The zero-order valence-corrected chi connectivity index (χ0v) is 15.9. The molecule has 0 radical (unpaired) electrons. The second kappa shape index (κ2) is 8.34. The van der Waals surface area contributed by atoms with Gasteiger partial charge in [0.2, 0.25) is 5.91 Å². The largest absolute Gasteiger partial charge is 0.491 e. The third kappa shape index (κ3) is 4.65. The summed E-state index contributed by atoms with van der Waals surface area (Å²) >= 11 is 0. The molecule has 0 aromatic heterocycles. The molecule has 0 spiro atoms. The summed E-state index contributed by atoms with van der Waals surface area (Å²) in [5.41, 5.74) is 2.10. The first kappa shape index (κ1) is 19.6. The summed E-state index contributed by atoms with van der Waals surface area (Å²) in [5.74, 6) is -0.551. The number of ether oxygens (including phenoxy) is 1. The Kier molecular flexibility index (Phi) is 5.64. The highest BCUT2D eigenvalue weighted by Crippen LogP contribution is 2.27. The minimum absolute atomic E-state index is 0.0307. The van der Waals surface area contributed by atoms with Crippen LogP contribution < -0.4 is 15.0 Å². The number of aliphatic hydroxyl groups excluding tert-OH is 1. The van der Waals surface area contributed by atoms with Crippen molar-refractivity contribution < 1.29 is 23.4 Å². The van der Waals surface area contributed by atoms with E-state index in [4.69, 9.17) is 4.74 Å². The molecule has 29 heavy (non-hydrogen) atoms. The fraction of sp³-hybridized carbons (Fsp3) is 0.381. The molecule has 4 rings (SSSR count). The standard InChI is InChI=1S/C21H23F2N3O3/c22-15-1-4-20(18(23)11-15)26-7-5-25(6-8-26)12-16(27)13-29-17-2-3-19-14(9-17)10-21(28)24-19/h1-4,9,11,16,27H,5-8,10,12-13H2,(H,24,28). The number of hydrogen-bond acceptors (Lipinski definition) is 5. The van der Waals surface area contributed by atoms with Crippen LogP contribution in [0.5, 0.6) is 5.75 Å². The van der Waals surface area contributed by atoms with Crippen molar-refractivity contribution in [1.29, 1.82) is 0 Å². The Morgan fingerprint density at radius 3 is 2.66 bits per heavy atom. The number of piperazine rings is 1. The maximum Gasteiger partial charge on any atom is 0.228 e. The van der Waals surface area contributed by atoms with Crippen LogP contribution in [-0.4, -0.2) is 61.3 Å². The van der Waals surface area contributed by atoms with Crippen LogP contribution in [0, 0.1) is 11.6 Å². The topological polar surface area (TPSA) is 65.0 Å². The maximum absolute atomic E-state index is 13.9. The molecule has 2 N–H and O–H groups in total. The van der Waals surface area contributed by atoms with Crippen molar-refractivity contribution in [1.82, 2.24) is 4.90 Å². The van der Waals surface area contributed by atoms with E-state index in [0.717, 1.165) is 17.3 Å². The van der Waals surface area contributed by atoms with Gasteiger partial charge in [-0.25, -0.2) is 8.78 Å². The number of aliphatic hydroxyl groups is 1. The predicted octanol–water partition coefficient (Wildman–Crippen LogP) is 2.02. The van der Waals surface area contributed by atoms with Crippen LogP contribution in [0.25, 0.3) is 0 Å². The number of nitrogens with one attached hydrogen (secondary N) is 1. The molecule has 1 amide bonds. The molecular weight excluding hydrogens is 380 g/mol. The van der Waals surface area contributed by atoms with Crippen molar-refractivity contribution in [3.05, 3.63) is 53.6 Å². The van der Waals surface area contributed by atoms with Crippen molar-refractivity contribution in [2.45, 2.75) is 12.5 Å². The normalized spacial score (nSPS) is 17.8. The number of rotatable bonds is 6. The van der Waals surface area contributed by atoms with Crippen LogP contribution in [0.4, 0.5) is 20.2 Å². The van der Waals surface area contributed by atoms with E-state index in [1.165, 1.54) is 12.1 Å². The Bertz CT molecular complexity index is 901. The van der Waals surface area contributed by atoms with Gasteiger partial charge in [0.05, 0.1) is 12.1 Å². The van der Waals surface area contributed by atoms with Gasteiger partial charge in [-0.1, -0.05) is 0 Å². The molecule has 0 bridgehead atoms. The Hall–Kier alpha value is -2.71. The molecule has 2 aromatic carbocycles. The quantitative estimate of drug-likeness (QED) is 0.773. The van der Waals surface area contributed by atoms with Crippen molar-refractivity contribution in [3.63, 3.8) is 0 Å². The average Bonchev–Trinajstić information content (AvgIpc) is 3.06. The third-order valence-corrected chi connectivity index (χ3v) is 5.24. The number of fused-ring (bicyclic) bond motifs is 1. The lowest BCUT2D eigenvalue weighted by atomic mass is 10.1. The second-order valence-corrected chi connectivity index (χ2v) is 7.39. The zero-order valence-electron chi connectivity index (χ0n) is 15.9. The summed E-state index contributed by atoms with van der Waals surface area (Å²) in [7, 11) is 0. The summed E-state index contributed by atoms with van der Waals surface area (Å²) in [6.07, 6.45) is -0.328. The number of nitrogens with zero attached hydrogens (tertiary/aromatic N) is 2. The number of amides is 1. The van der Waals surface area contributed by atoms with E-state index in [0.29, 0.717) is 50.6 Å². The fourth-order valence-electron chi connectivity index (χ4n) is 3.75. The Balaban J connectivity index is 1.23. The van der Waals surface area contributed by atoms with Crippen LogP contribution in [0.15, 0.2) is 36.4 Å².